The molecule has 9 nitrogen and oxygen atoms in total. The lowest BCUT2D eigenvalue weighted by atomic mass is 10.1. The number of hydrogen-bond acceptors (Lipinski definition) is 8. The summed E-state index contributed by atoms with van der Waals surface area (Å²) < 4.78 is 23.3. The van der Waals surface area contributed by atoms with Crippen molar-refractivity contribution in [3.05, 3.63) is 40.9 Å². The topological polar surface area (TPSA) is 141 Å². The van der Waals surface area contributed by atoms with Crippen molar-refractivity contribution in [2.75, 3.05) is 11.6 Å². The Kier molecular flexibility index (Phi) is 6.28. The fourth-order valence-electron chi connectivity index (χ4n) is 2.81. The van der Waals surface area contributed by atoms with Gasteiger partial charge in [0.05, 0.1) is 11.1 Å². The summed E-state index contributed by atoms with van der Waals surface area (Å²) in [4.78, 5) is 33.8. The van der Waals surface area contributed by atoms with E-state index in [4.69, 9.17) is 10.6 Å². The Morgan fingerprint density at radius 3 is 2.45 bits per heavy atom. The van der Waals surface area contributed by atoms with E-state index in [9.17, 15) is 18.0 Å². The molecule has 0 radical (unpaired) electrons. The standard InChI is InChI=1S/C18H20N4O5S2/c1-29(25,26)13-8-6-11(7-9-13)15(22-27-12-4-2-3-5-12)17(24)21-18-20-10-14(28-18)16(19)23/h6-10,12H,2-5H2,1H3,(H2,19,23)(H,20,21,24)/b22-15+. The van der Waals surface area contributed by atoms with Gasteiger partial charge in [0.1, 0.15) is 11.0 Å². The lowest BCUT2D eigenvalue weighted by Crippen LogP contribution is -2.25. The van der Waals surface area contributed by atoms with Gasteiger partial charge in [0, 0.05) is 11.8 Å². The quantitative estimate of drug-likeness (QED) is 0.502. The van der Waals surface area contributed by atoms with Gasteiger partial charge in [0.25, 0.3) is 11.8 Å². The van der Waals surface area contributed by atoms with Gasteiger partial charge in [-0.15, -0.1) is 0 Å². The zero-order chi connectivity index (χ0) is 21.0. The maximum atomic E-state index is 12.8. The van der Waals surface area contributed by atoms with Gasteiger partial charge in [-0.3, -0.25) is 14.9 Å². The van der Waals surface area contributed by atoms with Crippen molar-refractivity contribution in [3.63, 3.8) is 0 Å². The van der Waals surface area contributed by atoms with Gasteiger partial charge in [0.15, 0.2) is 20.7 Å². The van der Waals surface area contributed by atoms with Gasteiger partial charge in [-0.25, -0.2) is 13.4 Å². The second kappa shape index (κ2) is 8.70. The normalized spacial score (nSPS) is 15.3. The number of nitrogens with zero attached hydrogens (tertiary/aromatic N) is 2. The molecule has 154 valence electrons. The van der Waals surface area contributed by atoms with Crippen molar-refractivity contribution in [1.82, 2.24) is 4.98 Å². The third kappa shape index (κ3) is 5.39. The first-order valence-corrected chi connectivity index (χ1v) is 11.6. The maximum absolute atomic E-state index is 12.8. The van der Waals surface area contributed by atoms with Crippen molar-refractivity contribution in [2.45, 2.75) is 36.7 Å². The fraction of sp³-hybridized carbons (Fsp3) is 0.333. The Morgan fingerprint density at radius 2 is 1.90 bits per heavy atom. The molecule has 3 N–H and O–H groups in total. The maximum Gasteiger partial charge on any atom is 0.280 e. The molecule has 0 unspecified atom stereocenters. The average molecular weight is 437 g/mol. The van der Waals surface area contributed by atoms with E-state index >= 15 is 0 Å². The third-order valence-electron chi connectivity index (χ3n) is 4.34. The van der Waals surface area contributed by atoms with Crippen LogP contribution in [0, 0.1) is 0 Å². The molecule has 0 aliphatic heterocycles. The Morgan fingerprint density at radius 1 is 1.24 bits per heavy atom. The molecule has 11 heteroatoms. The average Bonchev–Trinajstić information content (AvgIpc) is 3.33. The van der Waals surface area contributed by atoms with Gasteiger partial charge in [-0.2, -0.15) is 0 Å². The highest BCUT2D eigenvalue weighted by Gasteiger charge is 2.21. The molecule has 1 aliphatic carbocycles. The van der Waals surface area contributed by atoms with Crippen LogP contribution in [0.4, 0.5) is 5.13 Å². The molecule has 2 amide bonds. The Labute approximate surface area is 171 Å². The molecule has 1 aromatic carbocycles. The largest absolute Gasteiger partial charge is 0.392 e. The molecule has 2 aromatic rings. The molecule has 0 bridgehead atoms. The monoisotopic (exact) mass is 436 g/mol. The summed E-state index contributed by atoms with van der Waals surface area (Å²) in [6.45, 7) is 0. The number of oxime groups is 1. The minimum Gasteiger partial charge on any atom is -0.392 e. The number of primary amides is 1. The number of aromatic nitrogens is 1. The minimum absolute atomic E-state index is 0.0206. The zero-order valence-electron chi connectivity index (χ0n) is 15.6. The van der Waals surface area contributed by atoms with Crippen LogP contribution in [-0.4, -0.2) is 43.3 Å². The highest BCUT2D eigenvalue weighted by atomic mass is 32.2. The van der Waals surface area contributed by atoms with Gasteiger partial charge < -0.3 is 10.6 Å². The molecule has 29 heavy (non-hydrogen) atoms. The SMILES string of the molecule is CS(=O)(=O)c1ccc(/C(=N\OC2CCCC2)C(=O)Nc2ncc(C(N)=O)s2)cc1. The van der Waals surface area contributed by atoms with Crippen LogP contribution in [0.2, 0.25) is 0 Å². The van der Waals surface area contributed by atoms with Crippen LogP contribution in [0.5, 0.6) is 0 Å². The van der Waals surface area contributed by atoms with Gasteiger partial charge >= 0.3 is 0 Å². The highest BCUT2D eigenvalue weighted by molar-refractivity contribution is 7.90. The lowest BCUT2D eigenvalue weighted by Gasteiger charge is -2.10. The van der Waals surface area contributed by atoms with Crippen LogP contribution < -0.4 is 11.1 Å². The number of carbonyl (C=O) groups is 2. The number of benzene rings is 1. The van der Waals surface area contributed by atoms with E-state index < -0.39 is 21.7 Å². The third-order valence-corrected chi connectivity index (χ3v) is 6.39. The number of amides is 2. The molecule has 1 heterocycles. The number of nitrogens with two attached hydrogens (primary N) is 1. The van der Waals surface area contributed by atoms with E-state index in [0.29, 0.717) is 5.56 Å². The second-order valence-electron chi connectivity index (χ2n) is 6.60. The molecule has 1 aliphatic rings. The van der Waals surface area contributed by atoms with Crippen molar-refractivity contribution in [3.8, 4) is 0 Å². The molecule has 0 spiro atoms. The van der Waals surface area contributed by atoms with Crippen LogP contribution >= 0.6 is 11.3 Å². The summed E-state index contributed by atoms with van der Waals surface area (Å²) in [5.41, 5.74) is 5.57. The zero-order valence-corrected chi connectivity index (χ0v) is 17.3. The van der Waals surface area contributed by atoms with Crippen molar-refractivity contribution < 1.29 is 22.8 Å². The first kappa shape index (κ1) is 20.9. The summed E-state index contributed by atoms with van der Waals surface area (Å²) in [5.74, 6) is -1.24. The van der Waals surface area contributed by atoms with Crippen molar-refractivity contribution in [1.29, 1.82) is 0 Å². The molecule has 1 aromatic heterocycles. The molecule has 3 rings (SSSR count). The Bertz CT molecular complexity index is 1040. The van der Waals surface area contributed by atoms with Crippen LogP contribution in [0.25, 0.3) is 0 Å². The van der Waals surface area contributed by atoms with Crippen molar-refractivity contribution in [2.24, 2.45) is 10.9 Å². The van der Waals surface area contributed by atoms with Gasteiger partial charge in [0.2, 0.25) is 0 Å². The summed E-state index contributed by atoms with van der Waals surface area (Å²) >= 11 is 0.938. The number of carbonyl (C=O) groups excluding carboxylic acids is 2. The van der Waals surface area contributed by atoms with Crippen LogP contribution in [-0.2, 0) is 19.5 Å². The predicted molar refractivity (Wildman–Crippen MR) is 109 cm³/mol. The molecule has 1 fully saturated rings. The highest BCUT2D eigenvalue weighted by Crippen LogP contribution is 2.22. The van der Waals surface area contributed by atoms with E-state index in [0.717, 1.165) is 43.3 Å². The smallest absolute Gasteiger partial charge is 0.280 e. The van der Waals surface area contributed by atoms with E-state index in [1.54, 1.807) is 0 Å². The molecule has 1 saturated carbocycles. The van der Waals surface area contributed by atoms with E-state index in [-0.39, 0.29) is 26.7 Å². The summed E-state index contributed by atoms with van der Waals surface area (Å²) in [5, 5.41) is 6.80. The number of nitrogens with one attached hydrogen (secondary N) is 1. The van der Waals surface area contributed by atoms with Gasteiger partial charge in [-0.05, 0) is 37.8 Å². The first-order chi connectivity index (χ1) is 13.7. The number of thiazole rings is 1. The van der Waals surface area contributed by atoms with Crippen LogP contribution in [0.1, 0.15) is 40.9 Å². The summed E-state index contributed by atoms with van der Waals surface area (Å²) in [7, 11) is -3.37. The lowest BCUT2D eigenvalue weighted by molar-refractivity contribution is -0.110. The van der Waals surface area contributed by atoms with Crippen LogP contribution in [0.15, 0.2) is 40.5 Å². The predicted octanol–water partition coefficient (Wildman–Crippen LogP) is 1.95. The Hall–Kier alpha value is -2.79. The Balaban J connectivity index is 1.86. The summed E-state index contributed by atoms with van der Waals surface area (Å²) in [6, 6.07) is 5.78. The fourth-order valence-corrected chi connectivity index (χ4v) is 4.10. The number of sulfone groups is 1. The van der Waals surface area contributed by atoms with Gasteiger partial charge in [-0.1, -0.05) is 28.6 Å². The van der Waals surface area contributed by atoms with Crippen LogP contribution in [0.3, 0.4) is 0 Å². The number of rotatable bonds is 7. The van der Waals surface area contributed by atoms with E-state index in [2.05, 4.69) is 15.5 Å². The molecule has 0 atom stereocenters. The number of hydrogen-bond donors (Lipinski definition) is 2. The first-order valence-electron chi connectivity index (χ1n) is 8.85. The minimum atomic E-state index is -3.37. The molecule has 0 saturated heterocycles. The number of anilines is 1. The van der Waals surface area contributed by atoms with E-state index in [1.807, 2.05) is 0 Å². The van der Waals surface area contributed by atoms with Crippen molar-refractivity contribution >= 4 is 43.8 Å². The molecular weight excluding hydrogens is 416 g/mol. The van der Waals surface area contributed by atoms with E-state index in [1.165, 1.54) is 30.5 Å². The summed E-state index contributed by atoms with van der Waals surface area (Å²) in [6.07, 6.45) is 6.12. The second-order valence-corrected chi connectivity index (χ2v) is 9.64. The molecular formula is C18H20N4O5S2.